The zero-order valence-electron chi connectivity index (χ0n) is 17.5. The SMILES string of the molecule is COc1ncnc(OC)c1C(=O)Nc1nc2c(s1)C1(COC1)Oc1cc(C3CC3)ccc1-2. The molecule has 1 aliphatic carbocycles. The highest BCUT2D eigenvalue weighted by atomic mass is 32.1. The summed E-state index contributed by atoms with van der Waals surface area (Å²) < 4.78 is 22.4. The Hall–Kier alpha value is -3.24. The molecule has 0 unspecified atom stereocenters. The van der Waals surface area contributed by atoms with E-state index in [2.05, 4.69) is 33.5 Å². The fourth-order valence-electron chi connectivity index (χ4n) is 4.11. The van der Waals surface area contributed by atoms with Crippen molar-refractivity contribution in [2.45, 2.75) is 24.4 Å². The van der Waals surface area contributed by atoms with Gasteiger partial charge in [0.2, 0.25) is 11.8 Å². The third kappa shape index (κ3) is 2.94. The van der Waals surface area contributed by atoms with Gasteiger partial charge in [0.1, 0.15) is 12.1 Å². The smallest absolute Gasteiger partial charge is 0.268 e. The summed E-state index contributed by atoms with van der Waals surface area (Å²) in [5.74, 6) is 1.24. The van der Waals surface area contributed by atoms with Crippen molar-refractivity contribution in [2.75, 3.05) is 32.8 Å². The number of benzene rings is 1. The number of hydrogen-bond donors (Lipinski definition) is 1. The van der Waals surface area contributed by atoms with Crippen molar-refractivity contribution in [1.82, 2.24) is 15.0 Å². The van der Waals surface area contributed by atoms with E-state index in [9.17, 15) is 4.79 Å². The number of hydrogen-bond acceptors (Lipinski definition) is 9. The molecule has 3 aliphatic rings. The number of carbonyl (C=O) groups is 1. The van der Waals surface area contributed by atoms with Crippen LogP contribution in [-0.4, -0.2) is 48.3 Å². The maximum atomic E-state index is 13.1. The maximum absolute atomic E-state index is 13.1. The van der Waals surface area contributed by atoms with Gasteiger partial charge in [-0.25, -0.2) is 15.0 Å². The molecule has 0 bridgehead atoms. The van der Waals surface area contributed by atoms with Crippen molar-refractivity contribution < 1.29 is 23.7 Å². The first kappa shape index (κ1) is 19.4. The van der Waals surface area contributed by atoms with E-state index in [-0.39, 0.29) is 17.3 Å². The summed E-state index contributed by atoms with van der Waals surface area (Å²) in [5.41, 5.74) is 2.60. The highest BCUT2D eigenvalue weighted by Crippen LogP contribution is 2.53. The van der Waals surface area contributed by atoms with Crippen LogP contribution in [0.3, 0.4) is 0 Å². The average molecular weight is 452 g/mol. The second kappa shape index (κ2) is 7.14. The summed E-state index contributed by atoms with van der Waals surface area (Å²) in [5, 5.41) is 3.30. The summed E-state index contributed by atoms with van der Waals surface area (Å²) in [7, 11) is 2.87. The Kier molecular flexibility index (Phi) is 4.34. The molecule has 0 radical (unpaired) electrons. The van der Waals surface area contributed by atoms with Gasteiger partial charge >= 0.3 is 0 Å². The van der Waals surface area contributed by atoms with Crippen LogP contribution in [-0.2, 0) is 10.3 Å². The molecule has 1 N–H and O–H groups in total. The highest BCUT2D eigenvalue weighted by Gasteiger charge is 2.50. The number of carbonyl (C=O) groups excluding carboxylic acids is 1. The van der Waals surface area contributed by atoms with Gasteiger partial charge in [-0.1, -0.05) is 17.4 Å². The molecule has 1 aromatic carbocycles. The van der Waals surface area contributed by atoms with Crippen LogP contribution in [0.15, 0.2) is 24.5 Å². The fourth-order valence-corrected chi connectivity index (χ4v) is 5.18. The monoisotopic (exact) mass is 452 g/mol. The van der Waals surface area contributed by atoms with Crippen molar-refractivity contribution in [2.24, 2.45) is 0 Å². The Morgan fingerprint density at radius 3 is 2.56 bits per heavy atom. The van der Waals surface area contributed by atoms with E-state index in [1.165, 1.54) is 50.3 Å². The number of thiazole rings is 1. The molecule has 2 fully saturated rings. The highest BCUT2D eigenvalue weighted by molar-refractivity contribution is 7.16. The van der Waals surface area contributed by atoms with Gasteiger partial charge in [-0.2, -0.15) is 0 Å². The first-order valence-corrected chi connectivity index (χ1v) is 11.1. The number of rotatable bonds is 5. The first-order valence-electron chi connectivity index (χ1n) is 10.3. The second-order valence-electron chi connectivity index (χ2n) is 8.04. The van der Waals surface area contributed by atoms with Crippen molar-refractivity contribution in [3.05, 3.63) is 40.5 Å². The molecule has 32 heavy (non-hydrogen) atoms. The van der Waals surface area contributed by atoms with Gasteiger partial charge in [-0.15, -0.1) is 0 Å². The zero-order valence-corrected chi connectivity index (χ0v) is 18.3. The summed E-state index contributed by atoms with van der Waals surface area (Å²) in [6.45, 7) is 0.910. The molecular weight excluding hydrogens is 432 g/mol. The lowest BCUT2D eigenvalue weighted by Crippen LogP contribution is -2.52. The molecule has 1 saturated heterocycles. The maximum Gasteiger partial charge on any atom is 0.268 e. The average Bonchev–Trinajstić information content (AvgIpc) is 3.55. The number of methoxy groups -OCH3 is 2. The van der Waals surface area contributed by atoms with Crippen LogP contribution in [0.1, 0.15) is 39.6 Å². The largest absolute Gasteiger partial charge is 0.480 e. The summed E-state index contributed by atoms with van der Waals surface area (Å²) in [6.07, 6.45) is 3.73. The standard InChI is InChI=1S/C22H20N4O5S/c1-28-19-15(20(29-2)24-10-23-19)18(27)26-21-25-16-13-6-5-12(11-3-4-11)7-14(13)31-22(8-30-9-22)17(16)32-21/h5-7,10-11H,3-4,8-9H2,1-2H3,(H,25,26,27). The molecule has 1 amide bonds. The Bertz CT molecular complexity index is 1210. The molecule has 2 aliphatic heterocycles. The van der Waals surface area contributed by atoms with Crippen LogP contribution < -0.4 is 19.5 Å². The van der Waals surface area contributed by atoms with Crippen LogP contribution in [0, 0.1) is 0 Å². The fraction of sp³-hybridized carbons (Fsp3) is 0.364. The minimum Gasteiger partial charge on any atom is -0.480 e. The first-order chi connectivity index (χ1) is 15.6. The Balaban J connectivity index is 1.38. The molecule has 6 rings (SSSR count). The molecular formula is C22H20N4O5S. The minimum absolute atomic E-state index is 0.109. The van der Waals surface area contributed by atoms with E-state index in [0.29, 0.717) is 24.3 Å². The van der Waals surface area contributed by atoms with Crippen molar-refractivity contribution >= 4 is 22.4 Å². The van der Waals surface area contributed by atoms with E-state index in [0.717, 1.165) is 21.9 Å². The van der Waals surface area contributed by atoms with Crippen LogP contribution in [0.25, 0.3) is 11.3 Å². The van der Waals surface area contributed by atoms with Gasteiger partial charge in [-0.05, 0) is 36.5 Å². The molecule has 4 heterocycles. The number of anilines is 1. The third-order valence-corrected chi connectivity index (χ3v) is 7.09. The van der Waals surface area contributed by atoms with Crippen LogP contribution >= 0.6 is 11.3 Å². The third-order valence-electron chi connectivity index (χ3n) is 5.94. The summed E-state index contributed by atoms with van der Waals surface area (Å²) in [6, 6.07) is 6.34. The molecule has 0 atom stereocenters. The Morgan fingerprint density at radius 1 is 1.19 bits per heavy atom. The number of aromatic nitrogens is 3. The minimum atomic E-state index is -0.559. The molecule has 3 aromatic rings. The number of nitrogens with one attached hydrogen (secondary N) is 1. The predicted molar refractivity (Wildman–Crippen MR) is 116 cm³/mol. The van der Waals surface area contributed by atoms with E-state index in [4.69, 9.17) is 23.9 Å². The van der Waals surface area contributed by atoms with Gasteiger partial charge in [0.15, 0.2) is 16.3 Å². The number of amides is 1. The lowest BCUT2D eigenvalue weighted by Gasteiger charge is -2.43. The van der Waals surface area contributed by atoms with Crippen LogP contribution in [0.4, 0.5) is 5.13 Å². The van der Waals surface area contributed by atoms with Crippen molar-refractivity contribution in [1.29, 1.82) is 0 Å². The zero-order chi connectivity index (χ0) is 21.9. The predicted octanol–water partition coefficient (Wildman–Crippen LogP) is 3.36. The molecule has 1 spiro atoms. The number of fused-ring (bicyclic) bond motifs is 4. The van der Waals surface area contributed by atoms with Gasteiger partial charge in [0.25, 0.3) is 5.91 Å². The topological polar surface area (TPSA) is 105 Å². The van der Waals surface area contributed by atoms with Gasteiger partial charge in [0.05, 0.1) is 38.0 Å². The van der Waals surface area contributed by atoms with Gasteiger partial charge in [-0.3, -0.25) is 10.1 Å². The van der Waals surface area contributed by atoms with E-state index >= 15 is 0 Å². The number of nitrogens with zero attached hydrogens (tertiary/aromatic N) is 3. The lowest BCUT2D eigenvalue weighted by atomic mass is 9.91. The van der Waals surface area contributed by atoms with Crippen molar-refractivity contribution in [3.8, 4) is 28.8 Å². The van der Waals surface area contributed by atoms with E-state index < -0.39 is 11.5 Å². The quantitative estimate of drug-likeness (QED) is 0.628. The normalized spacial score (nSPS) is 17.6. The van der Waals surface area contributed by atoms with Crippen LogP contribution in [0.2, 0.25) is 0 Å². The number of ether oxygens (including phenoxy) is 4. The molecule has 2 aromatic heterocycles. The molecule has 1 saturated carbocycles. The lowest BCUT2D eigenvalue weighted by molar-refractivity contribution is -0.167. The Morgan fingerprint density at radius 2 is 1.94 bits per heavy atom. The van der Waals surface area contributed by atoms with Gasteiger partial charge in [0, 0.05) is 5.56 Å². The molecule has 164 valence electrons. The Labute approximate surface area is 187 Å². The van der Waals surface area contributed by atoms with E-state index in [1.807, 2.05) is 0 Å². The summed E-state index contributed by atoms with van der Waals surface area (Å²) in [4.78, 5) is 26.8. The molecule has 9 nitrogen and oxygen atoms in total. The van der Waals surface area contributed by atoms with E-state index in [1.54, 1.807) is 0 Å². The van der Waals surface area contributed by atoms with Crippen LogP contribution in [0.5, 0.6) is 17.5 Å². The molecule has 10 heteroatoms. The second-order valence-corrected chi connectivity index (χ2v) is 9.04. The van der Waals surface area contributed by atoms with Gasteiger partial charge < -0.3 is 18.9 Å². The summed E-state index contributed by atoms with van der Waals surface area (Å²) >= 11 is 1.38. The van der Waals surface area contributed by atoms with Crippen molar-refractivity contribution in [3.63, 3.8) is 0 Å².